The molecule has 0 unspecified atom stereocenters. The van der Waals surface area contributed by atoms with E-state index in [2.05, 4.69) is 4.90 Å². The van der Waals surface area contributed by atoms with E-state index in [9.17, 15) is 4.79 Å². The second kappa shape index (κ2) is 8.23. The summed E-state index contributed by atoms with van der Waals surface area (Å²) in [6, 6.07) is 14.9. The second-order valence-corrected chi connectivity index (χ2v) is 6.39. The lowest BCUT2D eigenvalue weighted by atomic mass is 10.3. The van der Waals surface area contributed by atoms with E-state index in [-0.39, 0.29) is 5.76 Å². The van der Waals surface area contributed by atoms with E-state index in [0.717, 1.165) is 30.8 Å². The Kier molecular flexibility index (Phi) is 5.79. The Morgan fingerprint density at radius 2 is 2.00 bits per heavy atom. The molecule has 5 nitrogen and oxygen atoms in total. The number of aryl methyl sites for hydroxylation is 1. The average molecular weight is 361 g/mol. The number of para-hydroxylation sites is 2. The van der Waals surface area contributed by atoms with Crippen molar-refractivity contribution in [1.82, 2.24) is 9.47 Å². The van der Waals surface area contributed by atoms with Crippen LogP contribution in [0.25, 0.3) is 11.1 Å². The van der Waals surface area contributed by atoms with Gasteiger partial charge in [0, 0.05) is 18.1 Å². The number of likely N-dealkylation sites (N-methyl/N-ethyl adjacent to an activating group) is 1. The van der Waals surface area contributed by atoms with Crippen molar-refractivity contribution >= 4 is 22.7 Å². The van der Waals surface area contributed by atoms with Gasteiger partial charge in [-0.1, -0.05) is 29.8 Å². The first kappa shape index (κ1) is 17.6. The first-order chi connectivity index (χ1) is 12.1. The van der Waals surface area contributed by atoms with Gasteiger partial charge in [-0.2, -0.15) is 0 Å². The maximum absolute atomic E-state index is 11.9. The number of oxazole rings is 1. The molecule has 0 fully saturated rings. The van der Waals surface area contributed by atoms with Crippen molar-refractivity contribution < 1.29 is 9.15 Å². The summed E-state index contributed by atoms with van der Waals surface area (Å²) in [6.07, 6.45) is 0.858. The highest BCUT2D eigenvalue weighted by atomic mass is 35.5. The number of hydrogen-bond donors (Lipinski definition) is 0. The molecule has 0 atom stereocenters. The van der Waals surface area contributed by atoms with Crippen LogP contribution in [0.5, 0.6) is 5.75 Å². The molecule has 0 saturated carbocycles. The van der Waals surface area contributed by atoms with Gasteiger partial charge in [0.25, 0.3) is 0 Å². The number of benzene rings is 2. The average Bonchev–Trinajstić information content (AvgIpc) is 2.91. The zero-order chi connectivity index (χ0) is 17.6. The summed E-state index contributed by atoms with van der Waals surface area (Å²) in [5, 5.41) is 0.670. The number of ether oxygens (including phenoxy) is 1. The fourth-order valence-corrected chi connectivity index (χ4v) is 2.89. The molecule has 2 aromatic carbocycles. The van der Waals surface area contributed by atoms with Crippen molar-refractivity contribution in [3.8, 4) is 5.75 Å². The highest BCUT2D eigenvalue weighted by Crippen LogP contribution is 2.17. The number of nitrogens with zero attached hydrogens (tertiary/aromatic N) is 2. The third-order valence-electron chi connectivity index (χ3n) is 4.03. The molecule has 3 rings (SSSR count). The molecule has 0 radical (unpaired) electrons. The van der Waals surface area contributed by atoms with Crippen LogP contribution in [0.3, 0.4) is 0 Å². The van der Waals surface area contributed by atoms with Crippen LogP contribution >= 0.6 is 11.6 Å². The van der Waals surface area contributed by atoms with E-state index in [4.69, 9.17) is 20.8 Å². The van der Waals surface area contributed by atoms with Crippen LogP contribution < -0.4 is 10.5 Å². The van der Waals surface area contributed by atoms with Crippen molar-refractivity contribution in [3.63, 3.8) is 0 Å². The molecule has 0 amide bonds. The summed E-state index contributed by atoms with van der Waals surface area (Å²) in [4.78, 5) is 14.1. The lowest BCUT2D eigenvalue weighted by Crippen LogP contribution is -2.27. The van der Waals surface area contributed by atoms with Crippen LogP contribution in [0.15, 0.2) is 57.7 Å². The Bertz CT molecular complexity index is 888. The van der Waals surface area contributed by atoms with Crippen molar-refractivity contribution in [1.29, 1.82) is 0 Å². The van der Waals surface area contributed by atoms with Crippen molar-refractivity contribution in [2.45, 2.75) is 13.0 Å². The number of aromatic nitrogens is 1. The Morgan fingerprint density at radius 3 is 2.84 bits per heavy atom. The Balaban J connectivity index is 1.44. The Hall–Kier alpha value is -2.24. The predicted molar refractivity (Wildman–Crippen MR) is 99.5 cm³/mol. The SMILES string of the molecule is CN(CCCn1c(=O)oc2ccccc21)CCOc1cccc(Cl)c1. The smallest absolute Gasteiger partial charge is 0.419 e. The molecular formula is C19H21ClN2O3. The van der Waals surface area contributed by atoms with Crippen LogP contribution in [-0.2, 0) is 6.54 Å². The van der Waals surface area contributed by atoms with Gasteiger partial charge in [-0.3, -0.25) is 4.57 Å². The number of rotatable bonds is 8. The molecule has 3 aromatic rings. The summed E-state index contributed by atoms with van der Waals surface area (Å²) < 4.78 is 12.6. The minimum Gasteiger partial charge on any atom is -0.492 e. The maximum Gasteiger partial charge on any atom is 0.419 e. The molecule has 0 saturated heterocycles. The molecule has 132 valence electrons. The third kappa shape index (κ3) is 4.65. The van der Waals surface area contributed by atoms with E-state index in [1.807, 2.05) is 49.5 Å². The normalized spacial score (nSPS) is 11.3. The molecule has 0 bridgehead atoms. The van der Waals surface area contributed by atoms with Crippen LogP contribution in [0, 0.1) is 0 Å². The lowest BCUT2D eigenvalue weighted by molar-refractivity contribution is 0.233. The minimum absolute atomic E-state index is 0.298. The molecule has 0 aliphatic carbocycles. The van der Waals surface area contributed by atoms with Crippen LogP contribution in [0.1, 0.15) is 6.42 Å². The molecule has 25 heavy (non-hydrogen) atoms. The molecule has 0 aliphatic rings. The van der Waals surface area contributed by atoms with Gasteiger partial charge in [-0.15, -0.1) is 0 Å². The van der Waals surface area contributed by atoms with Crippen molar-refractivity contribution in [2.24, 2.45) is 0 Å². The topological polar surface area (TPSA) is 47.6 Å². The second-order valence-electron chi connectivity index (χ2n) is 5.95. The van der Waals surface area contributed by atoms with Crippen LogP contribution in [-0.4, -0.2) is 36.2 Å². The molecule has 1 aromatic heterocycles. The molecule has 6 heteroatoms. The van der Waals surface area contributed by atoms with Gasteiger partial charge >= 0.3 is 5.76 Å². The summed E-state index contributed by atoms with van der Waals surface area (Å²) in [5.41, 5.74) is 1.48. The summed E-state index contributed by atoms with van der Waals surface area (Å²) >= 11 is 5.93. The van der Waals surface area contributed by atoms with Gasteiger partial charge in [-0.05, 0) is 50.3 Å². The third-order valence-corrected chi connectivity index (χ3v) is 4.27. The molecule has 0 N–H and O–H groups in total. The Labute approximate surface area is 151 Å². The summed E-state index contributed by atoms with van der Waals surface area (Å²) in [7, 11) is 2.04. The van der Waals surface area contributed by atoms with Gasteiger partial charge in [0.2, 0.25) is 0 Å². The quantitative estimate of drug-likeness (QED) is 0.615. The highest BCUT2D eigenvalue weighted by Gasteiger charge is 2.08. The largest absolute Gasteiger partial charge is 0.492 e. The van der Waals surface area contributed by atoms with E-state index >= 15 is 0 Å². The maximum atomic E-state index is 11.9. The number of fused-ring (bicyclic) bond motifs is 1. The van der Waals surface area contributed by atoms with E-state index < -0.39 is 0 Å². The molecule has 0 aliphatic heterocycles. The first-order valence-corrected chi connectivity index (χ1v) is 8.66. The van der Waals surface area contributed by atoms with Gasteiger partial charge < -0.3 is 14.1 Å². The number of hydrogen-bond acceptors (Lipinski definition) is 4. The van der Waals surface area contributed by atoms with Crippen molar-refractivity contribution in [3.05, 3.63) is 64.1 Å². The van der Waals surface area contributed by atoms with Gasteiger partial charge in [0.1, 0.15) is 12.4 Å². The highest BCUT2D eigenvalue weighted by molar-refractivity contribution is 6.30. The predicted octanol–water partition coefficient (Wildman–Crippen LogP) is 3.65. The lowest BCUT2D eigenvalue weighted by Gasteiger charge is -2.17. The van der Waals surface area contributed by atoms with E-state index in [0.29, 0.717) is 23.8 Å². The summed E-state index contributed by atoms with van der Waals surface area (Å²) in [6.45, 7) is 2.89. The number of halogens is 1. The van der Waals surface area contributed by atoms with Crippen molar-refractivity contribution in [2.75, 3.05) is 26.7 Å². The molecule has 1 heterocycles. The minimum atomic E-state index is -0.298. The fraction of sp³-hybridized carbons (Fsp3) is 0.316. The molecule has 0 spiro atoms. The van der Waals surface area contributed by atoms with Gasteiger partial charge in [0.15, 0.2) is 5.58 Å². The van der Waals surface area contributed by atoms with E-state index in [1.54, 1.807) is 10.6 Å². The monoisotopic (exact) mass is 360 g/mol. The fourth-order valence-electron chi connectivity index (χ4n) is 2.71. The van der Waals surface area contributed by atoms with Crippen LogP contribution in [0.2, 0.25) is 5.02 Å². The standard InChI is InChI=1S/C19H21ClN2O3/c1-21(12-13-24-16-7-4-6-15(20)14-16)10-5-11-22-17-8-2-3-9-18(17)25-19(22)23/h2-4,6-9,14H,5,10-13H2,1H3. The summed E-state index contributed by atoms with van der Waals surface area (Å²) in [5.74, 6) is 0.477. The Morgan fingerprint density at radius 1 is 1.16 bits per heavy atom. The molecular weight excluding hydrogens is 340 g/mol. The van der Waals surface area contributed by atoms with Gasteiger partial charge in [0.05, 0.1) is 5.52 Å². The van der Waals surface area contributed by atoms with E-state index in [1.165, 1.54) is 0 Å². The van der Waals surface area contributed by atoms with Gasteiger partial charge in [-0.25, -0.2) is 4.79 Å². The zero-order valence-corrected chi connectivity index (χ0v) is 14.9. The zero-order valence-electron chi connectivity index (χ0n) is 14.2. The van der Waals surface area contributed by atoms with Crippen LogP contribution in [0.4, 0.5) is 0 Å². The first-order valence-electron chi connectivity index (χ1n) is 8.29.